The number of nitrogens with zero attached hydrogens (tertiary/aromatic N) is 2. The first-order valence-electron chi connectivity index (χ1n) is 9.63. The number of rotatable bonds is 9. The van der Waals surface area contributed by atoms with E-state index in [-0.39, 0.29) is 23.7 Å². The number of benzene rings is 2. The van der Waals surface area contributed by atoms with Gasteiger partial charge < -0.3 is 10.6 Å². The lowest BCUT2D eigenvalue weighted by molar-refractivity contribution is -0.114. The Kier molecular flexibility index (Phi) is 7.95. The smallest absolute Gasteiger partial charge is 0.304 e. The Morgan fingerprint density at radius 2 is 1.77 bits per heavy atom. The van der Waals surface area contributed by atoms with Crippen molar-refractivity contribution in [2.75, 3.05) is 36.8 Å². The maximum atomic E-state index is 13.0. The second-order valence-electron chi connectivity index (χ2n) is 7.18. The van der Waals surface area contributed by atoms with Crippen LogP contribution < -0.4 is 14.9 Å². The molecular formula is C22H28N4O4S. The minimum absolute atomic E-state index is 0.270. The third-order valence-corrected chi connectivity index (χ3v) is 6.32. The van der Waals surface area contributed by atoms with Crippen molar-refractivity contribution in [3.05, 3.63) is 71.8 Å². The Balaban J connectivity index is 2.35. The molecule has 0 aliphatic carbocycles. The Labute approximate surface area is 183 Å². The van der Waals surface area contributed by atoms with Gasteiger partial charge in [-0.2, -0.15) is 12.7 Å². The number of carbonyl (C=O) groups excluding carboxylic acids is 2. The monoisotopic (exact) mass is 444 g/mol. The molecule has 0 atom stereocenters. The van der Waals surface area contributed by atoms with Gasteiger partial charge in [-0.3, -0.25) is 9.59 Å². The largest absolute Gasteiger partial charge is 0.349 e. The summed E-state index contributed by atoms with van der Waals surface area (Å²) in [5.74, 6) is -0.946. The van der Waals surface area contributed by atoms with E-state index in [0.29, 0.717) is 11.3 Å². The summed E-state index contributed by atoms with van der Waals surface area (Å²) in [6.45, 7) is 7.02. The van der Waals surface area contributed by atoms with E-state index in [0.717, 1.165) is 14.2 Å². The molecule has 31 heavy (non-hydrogen) atoms. The zero-order valence-corrected chi connectivity index (χ0v) is 19.0. The van der Waals surface area contributed by atoms with Crippen LogP contribution >= 0.6 is 0 Å². The van der Waals surface area contributed by atoms with Gasteiger partial charge in [-0.15, -0.1) is 6.58 Å². The third-order valence-electron chi connectivity index (χ3n) is 4.51. The molecule has 0 aliphatic heterocycles. The quantitative estimate of drug-likeness (QED) is 0.581. The van der Waals surface area contributed by atoms with Crippen LogP contribution in [0.2, 0.25) is 0 Å². The molecule has 2 aromatic carbocycles. The van der Waals surface area contributed by atoms with Crippen molar-refractivity contribution in [1.29, 1.82) is 0 Å². The van der Waals surface area contributed by atoms with Crippen molar-refractivity contribution in [3.63, 3.8) is 0 Å². The molecule has 0 aromatic heterocycles. The van der Waals surface area contributed by atoms with Gasteiger partial charge in [-0.05, 0) is 43.2 Å². The van der Waals surface area contributed by atoms with E-state index in [2.05, 4.69) is 17.2 Å². The maximum absolute atomic E-state index is 13.0. The second-order valence-corrected chi connectivity index (χ2v) is 9.25. The average Bonchev–Trinajstić information content (AvgIpc) is 2.72. The SMILES string of the molecule is C=CCNC(=O)c1ccccc1NC(=O)CN(c1cc(C)ccc1C)S(=O)(=O)N(C)C. The van der Waals surface area contributed by atoms with Crippen LogP contribution in [0.3, 0.4) is 0 Å². The molecule has 2 rings (SSSR count). The van der Waals surface area contributed by atoms with Gasteiger partial charge >= 0.3 is 10.2 Å². The topological polar surface area (TPSA) is 98.8 Å². The molecule has 0 spiro atoms. The van der Waals surface area contributed by atoms with E-state index in [1.54, 1.807) is 49.4 Å². The normalized spacial score (nSPS) is 11.1. The molecule has 0 saturated heterocycles. The lowest BCUT2D eigenvalue weighted by Crippen LogP contribution is -2.44. The lowest BCUT2D eigenvalue weighted by Gasteiger charge is -2.28. The van der Waals surface area contributed by atoms with Crippen molar-refractivity contribution >= 4 is 33.4 Å². The van der Waals surface area contributed by atoms with Gasteiger partial charge in [0.2, 0.25) is 5.91 Å². The third kappa shape index (κ3) is 5.93. The summed E-state index contributed by atoms with van der Waals surface area (Å²) in [6.07, 6.45) is 1.55. The molecule has 2 amide bonds. The van der Waals surface area contributed by atoms with Crippen LogP contribution in [0.15, 0.2) is 55.1 Å². The van der Waals surface area contributed by atoms with Crippen molar-refractivity contribution < 1.29 is 18.0 Å². The summed E-state index contributed by atoms with van der Waals surface area (Å²) in [5.41, 5.74) is 2.56. The molecule has 0 radical (unpaired) electrons. The van der Waals surface area contributed by atoms with Crippen molar-refractivity contribution in [2.24, 2.45) is 0 Å². The molecule has 2 N–H and O–H groups in total. The van der Waals surface area contributed by atoms with E-state index < -0.39 is 22.7 Å². The number of carbonyl (C=O) groups is 2. The summed E-state index contributed by atoms with van der Waals surface area (Å²) < 4.78 is 28.1. The zero-order chi connectivity index (χ0) is 23.2. The standard InChI is InChI=1S/C22H28N4O4S/c1-6-13-23-22(28)18-9-7-8-10-19(18)24-21(27)15-26(31(29,30)25(4)5)20-14-16(2)11-12-17(20)3/h6-12,14H,1,13,15H2,2-5H3,(H,23,28)(H,24,27). The van der Waals surface area contributed by atoms with Gasteiger partial charge in [-0.1, -0.05) is 30.3 Å². The molecule has 0 bridgehead atoms. The van der Waals surface area contributed by atoms with Gasteiger partial charge in [0.15, 0.2) is 0 Å². The Morgan fingerprint density at radius 1 is 1.10 bits per heavy atom. The van der Waals surface area contributed by atoms with Crippen LogP contribution in [0.5, 0.6) is 0 Å². The first-order valence-corrected chi connectivity index (χ1v) is 11.0. The highest BCUT2D eigenvalue weighted by molar-refractivity contribution is 7.90. The van der Waals surface area contributed by atoms with E-state index in [1.807, 2.05) is 13.0 Å². The highest BCUT2D eigenvalue weighted by Gasteiger charge is 2.29. The number of hydrogen-bond donors (Lipinski definition) is 2. The highest BCUT2D eigenvalue weighted by Crippen LogP contribution is 2.25. The highest BCUT2D eigenvalue weighted by atomic mass is 32.2. The van der Waals surface area contributed by atoms with Crippen molar-refractivity contribution in [3.8, 4) is 0 Å². The number of amides is 2. The van der Waals surface area contributed by atoms with Gasteiger partial charge in [0.1, 0.15) is 6.54 Å². The Hall–Kier alpha value is -3.17. The Bertz CT molecular complexity index is 1080. The van der Waals surface area contributed by atoms with Gasteiger partial charge in [0.25, 0.3) is 5.91 Å². The molecule has 0 unspecified atom stereocenters. The molecule has 9 heteroatoms. The predicted octanol–water partition coefficient (Wildman–Crippen LogP) is 2.47. The van der Waals surface area contributed by atoms with Gasteiger partial charge in [0.05, 0.1) is 16.9 Å². The van der Waals surface area contributed by atoms with Crippen molar-refractivity contribution in [2.45, 2.75) is 13.8 Å². The summed E-state index contributed by atoms with van der Waals surface area (Å²) in [7, 11) is -1.13. The summed E-state index contributed by atoms with van der Waals surface area (Å²) in [4.78, 5) is 25.2. The zero-order valence-electron chi connectivity index (χ0n) is 18.2. The summed E-state index contributed by atoms with van der Waals surface area (Å²) in [6, 6.07) is 11.9. The molecule has 2 aromatic rings. The minimum Gasteiger partial charge on any atom is -0.349 e. The van der Waals surface area contributed by atoms with E-state index >= 15 is 0 Å². The first-order chi connectivity index (χ1) is 14.6. The maximum Gasteiger partial charge on any atom is 0.304 e. The molecule has 0 aliphatic rings. The fraction of sp³-hybridized carbons (Fsp3) is 0.273. The average molecular weight is 445 g/mol. The molecule has 8 nitrogen and oxygen atoms in total. The van der Waals surface area contributed by atoms with Crippen LogP contribution in [0.4, 0.5) is 11.4 Å². The van der Waals surface area contributed by atoms with Crippen LogP contribution in [0.1, 0.15) is 21.5 Å². The minimum atomic E-state index is -3.94. The van der Waals surface area contributed by atoms with Gasteiger partial charge in [0, 0.05) is 20.6 Å². The van der Waals surface area contributed by atoms with Crippen LogP contribution in [-0.4, -0.2) is 51.7 Å². The molecule has 166 valence electrons. The fourth-order valence-corrected chi connectivity index (χ4v) is 3.97. The number of para-hydroxylation sites is 1. The number of aryl methyl sites for hydroxylation is 2. The van der Waals surface area contributed by atoms with Crippen LogP contribution in [-0.2, 0) is 15.0 Å². The summed E-state index contributed by atoms with van der Waals surface area (Å²) >= 11 is 0. The van der Waals surface area contributed by atoms with Crippen molar-refractivity contribution in [1.82, 2.24) is 9.62 Å². The predicted molar refractivity (Wildman–Crippen MR) is 123 cm³/mol. The molecule has 0 fully saturated rings. The summed E-state index contributed by atoms with van der Waals surface area (Å²) in [5, 5.41) is 5.32. The Morgan fingerprint density at radius 3 is 2.42 bits per heavy atom. The fourth-order valence-electron chi connectivity index (χ4n) is 2.85. The number of nitrogens with one attached hydrogen (secondary N) is 2. The van der Waals surface area contributed by atoms with E-state index in [1.165, 1.54) is 14.1 Å². The first kappa shape index (κ1) is 24.1. The number of anilines is 2. The molecule has 0 heterocycles. The molecular weight excluding hydrogens is 416 g/mol. The van der Waals surface area contributed by atoms with Gasteiger partial charge in [-0.25, -0.2) is 4.31 Å². The molecule has 0 saturated carbocycles. The van der Waals surface area contributed by atoms with Crippen LogP contribution in [0.25, 0.3) is 0 Å². The second kappa shape index (κ2) is 10.2. The number of hydrogen-bond acceptors (Lipinski definition) is 4. The van der Waals surface area contributed by atoms with E-state index in [9.17, 15) is 18.0 Å². The van der Waals surface area contributed by atoms with Crippen LogP contribution in [0, 0.1) is 13.8 Å². The lowest BCUT2D eigenvalue weighted by atomic mass is 10.1. The van der Waals surface area contributed by atoms with E-state index in [4.69, 9.17) is 0 Å².